The van der Waals surface area contributed by atoms with Gasteiger partial charge in [0.05, 0.1) is 0 Å². The molecule has 0 aliphatic rings. The number of hydrogen-bond acceptors (Lipinski definition) is 1. The first-order valence-electron chi connectivity index (χ1n) is 6.96. The van der Waals surface area contributed by atoms with E-state index in [0.717, 1.165) is 18.5 Å². The Hall–Kier alpha value is -0.740. The fraction of sp³-hybridized carbons (Fsp3) is 0.600. The minimum Gasteiger partial charge on any atom is -0.314 e. The van der Waals surface area contributed by atoms with Crippen molar-refractivity contribution < 1.29 is 13.2 Å². The first kappa shape index (κ1) is 17.3. The molecule has 0 spiro atoms. The Balaban J connectivity index is 2.53. The average molecular weight is 308 g/mol. The third kappa shape index (κ3) is 7.15. The van der Waals surface area contributed by atoms with Crippen LogP contribution in [0.1, 0.15) is 38.2 Å². The van der Waals surface area contributed by atoms with E-state index >= 15 is 0 Å². The predicted octanol–water partition coefficient (Wildman–Crippen LogP) is 4.98. The number of hydrogen-bond donors (Lipinski definition) is 1. The molecular formula is C15H21ClF3N. The van der Waals surface area contributed by atoms with Crippen molar-refractivity contribution >= 4 is 11.6 Å². The standard InChI is InChI=1S/C15H21ClF3N/c1-2-10-20-13(7-5-9-15(17,18)19)11-12-6-3-4-8-14(12)16/h3-4,6,8,13,20H,2,5,7,9-11H2,1H3. The summed E-state index contributed by atoms with van der Waals surface area (Å²) < 4.78 is 36.6. The number of nitrogens with one attached hydrogen (secondary N) is 1. The molecule has 0 saturated heterocycles. The van der Waals surface area contributed by atoms with Gasteiger partial charge < -0.3 is 5.32 Å². The predicted molar refractivity (Wildman–Crippen MR) is 77.1 cm³/mol. The van der Waals surface area contributed by atoms with Crippen LogP contribution in [0, 0.1) is 0 Å². The molecule has 0 amide bonds. The second-order valence-corrected chi connectivity index (χ2v) is 5.36. The molecule has 5 heteroatoms. The van der Waals surface area contributed by atoms with Gasteiger partial charge in [-0.2, -0.15) is 13.2 Å². The fourth-order valence-corrected chi connectivity index (χ4v) is 2.32. The van der Waals surface area contributed by atoms with Gasteiger partial charge in [-0.3, -0.25) is 0 Å². The highest BCUT2D eigenvalue weighted by Crippen LogP contribution is 2.24. The first-order valence-corrected chi connectivity index (χ1v) is 7.33. The first-order chi connectivity index (χ1) is 9.42. The van der Waals surface area contributed by atoms with Crippen molar-refractivity contribution in [3.8, 4) is 0 Å². The van der Waals surface area contributed by atoms with E-state index in [1.165, 1.54) is 0 Å². The molecule has 0 radical (unpaired) electrons. The number of benzene rings is 1. The largest absolute Gasteiger partial charge is 0.389 e. The van der Waals surface area contributed by atoms with Crippen molar-refractivity contribution in [2.75, 3.05) is 6.54 Å². The van der Waals surface area contributed by atoms with Crippen LogP contribution >= 0.6 is 11.6 Å². The minimum atomic E-state index is -4.07. The van der Waals surface area contributed by atoms with Gasteiger partial charge in [0.15, 0.2) is 0 Å². The molecule has 1 atom stereocenters. The highest BCUT2D eigenvalue weighted by atomic mass is 35.5. The molecule has 20 heavy (non-hydrogen) atoms. The van der Waals surface area contributed by atoms with E-state index < -0.39 is 12.6 Å². The van der Waals surface area contributed by atoms with Gasteiger partial charge in [0, 0.05) is 17.5 Å². The number of halogens is 4. The maximum absolute atomic E-state index is 12.2. The van der Waals surface area contributed by atoms with Gasteiger partial charge in [-0.15, -0.1) is 0 Å². The average Bonchev–Trinajstić information content (AvgIpc) is 2.36. The van der Waals surface area contributed by atoms with Gasteiger partial charge in [-0.25, -0.2) is 0 Å². The maximum Gasteiger partial charge on any atom is 0.389 e. The zero-order valence-corrected chi connectivity index (χ0v) is 12.4. The topological polar surface area (TPSA) is 12.0 Å². The normalized spacial score (nSPS) is 13.4. The van der Waals surface area contributed by atoms with Crippen LogP contribution in [0.4, 0.5) is 13.2 Å². The van der Waals surface area contributed by atoms with Crippen LogP contribution in [0.25, 0.3) is 0 Å². The highest BCUT2D eigenvalue weighted by Gasteiger charge is 2.26. The molecule has 114 valence electrons. The van der Waals surface area contributed by atoms with Crippen molar-refractivity contribution in [1.29, 1.82) is 0 Å². The lowest BCUT2D eigenvalue weighted by Crippen LogP contribution is -2.32. The van der Waals surface area contributed by atoms with E-state index in [2.05, 4.69) is 5.32 Å². The molecule has 0 bridgehead atoms. The Kier molecular flexibility index (Phi) is 7.38. The Bertz CT molecular complexity index is 393. The van der Waals surface area contributed by atoms with Crippen molar-refractivity contribution in [1.82, 2.24) is 5.32 Å². The summed E-state index contributed by atoms with van der Waals surface area (Å²) in [6, 6.07) is 7.52. The van der Waals surface area contributed by atoms with Crippen molar-refractivity contribution in [2.24, 2.45) is 0 Å². The molecule has 0 aliphatic heterocycles. The van der Waals surface area contributed by atoms with Crippen molar-refractivity contribution in [3.63, 3.8) is 0 Å². The zero-order chi connectivity index (χ0) is 15.0. The molecule has 1 nitrogen and oxygen atoms in total. The third-order valence-corrected chi connectivity index (χ3v) is 3.49. The summed E-state index contributed by atoms with van der Waals surface area (Å²) in [7, 11) is 0. The highest BCUT2D eigenvalue weighted by molar-refractivity contribution is 6.31. The van der Waals surface area contributed by atoms with Gasteiger partial charge >= 0.3 is 6.18 Å². The summed E-state index contributed by atoms with van der Waals surface area (Å²) in [6.45, 7) is 2.84. The third-order valence-electron chi connectivity index (χ3n) is 3.12. The molecule has 1 N–H and O–H groups in total. The van der Waals surface area contributed by atoms with E-state index in [9.17, 15) is 13.2 Å². The summed E-state index contributed by atoms with van der Waals surface area (Å²) in [5.41, 5.74) is 0.981. The van der Waals surface area contributed by atoms with Crippen molar-refractivity contribution in [3.05, 3.63) is 34.9 Å². The smallest absolute Gasteiger partial charge is 0.314 e. The van der Waals surface area contributed by atoms with E-state index in [-0.39, 0.29) is 12.5 Å². The summed E-state index contributed by atoms with van der Waals surface area (Å²) in [6.07, 6.45) is -2.52. The maximum atomic E-state index is 12.2. The minimum absolute atomic E-state index is 0.0391. The summed E-state index contributed by atoms with van der Waals surface area (Å²) >= 11 is 6.10. The van der Waals surface area contributed by atoms with Gasteiger partial charge in [0.2, 0.25) is 0 Å². The van der Waals surface area contributed by atoms with Crippen molar-refractivity contribution in [2.45, 2.75) is 51.2 Å². The molecule has 1 unspecified atom stereocenters. The van der Waals surface area contributed by atoms with Crippen LogP contribution in [0.5, 0.6) is 0 Å². The lowest BCUT2D eigenvalue weighted by atomic mass is 10.0. The van der Waals surface area contributed by atoms with Gasteiger partial charge in [-0.05, 0) is 43.9 Å². The molecule has 0 saturated carbocycles. The molecule has 1 rings (SSSR count). The Labute approximate surface area is 123 Å². The second kappa shape index (κ2) is 8.53. The molecular weight excluding hydrogens is 287 g/mol. The number of alkyl halides is 3. The van der Waals surface area contributed by atoms with Crippen LogP contribution in [-0.2, 0) is 6.42 Å². The summed E-state index contributed by atoms with van der Waals surface area (Å²) in [5, 5.41) is 3.98. The quantitative estimate of drug-likeness (QED) is 0.714. The Morgan fingerprint density at radius 2 is 1.95 bits per heavy atom. The summed E-state index contributed by atoms with van der Waals surface area (Å²) in [4.78, 5) is 0. The molecule has 0 aromatic heterocycles. The van der Waals surface area contributed by atoms with E-state index in [1.54, 1.807) is 0 Å². The van der Waals surface area contributed by atoms with E-state index in [0.29, 0.717) is 17.9 Å². The van der Waals surface area contributed by atoms with Crippen LogP contribution < -0.4 is 5.32 Å². The lowest BCUT2D eigenvalue weighted by molar-refractivity contribution is -0.135. The lowest BCUT2D eigenvalue weighted by Gasteiger charge is -2.19. The van der Waals surface area contributed by atoms with Crippen LogP contribution in [-0.4, -0.2) is 18.8 Å². The van der Waals surface area contributed by atoms with Gasteiger partial charge in [0.25, 0.3) is 0 Å². The fourth-order valence-electron chi connectivity index (χ4n) is 2.10. The monoisotopic (exact) mass is 307 g/mol. The van der Waals surface area contributed by atoms with E-state index in [1.807, 2.05) is 31.2 Å². The van der Waals surface area contributed by atoms with Gasteiger partial charge in [-0.1, -0.05) is 36.7 Å². The summed E-state index contributed by atoms with van der Waals surface area (Å²) in [5.74, 6) is 0. The Morgan fingerprint density at radius 3 is 2.55 bits per heavy atom. The molecule has 0 heterocycles. The molecule has 0 aliphatic carbocycles. The Morgan fingerprint density at radius 1 is 1.25 bits per heavy atom. The molecule has 1 aromatic carbocycles. The molecule has 1 aromatic rings. The second-order valence-electron chi connectivity index (χ2n) is 4.95. The van der Waals surface area contributed by atoms with Crippen LogP contribution in [0.3, 0.4) is 0 Å². The molecule has 0 fully saturated rings. The number of rotatable bonds is 8. The zero-order valence-electron chi connectivity index (χ0n) is 11.6. The van der Waals surface area contributed by atoms with E-state index in [4.69, 9.17) is 11.6 Å². The van der Waals surface area contributed by atoms with Crippen LogP contribution in [0.2, 0.25) is 5.02 Å². The van der Waals surface area contributed by atoms with Gasteiger partial charge in [0.1, 0.15) is 0 Å². The SMILES string of the molecule is CCCNC(CCCC(F)(F)F)Cc1ccccc1Cl. The van der Waals surface area contributed by atoms with Crippen LogP contribution in [0.15, 0.2) is 24.3 Å².